The molecule has 0 bridgehead atoms. The monoisotopic (exact) mass is 305 g/mol. The Morgan fingerprint density at radius 3 is 2.56 bits per heavy atom. The van der Waals surface area contributed by atoms with Gasteiger partial charge in [-0.2, -0.15) is 5.26 Å². The molecule has 0 N–H and O–H groups in total. The third-order valence-electron chi connectivity index (χ3n) is 3.83. The maximum atomic E-state index is 11.4. The summed E-state index contributed by atoms with van der Waals surface area (Å²) in [5.74, 6) is 0.280. The van der Waals surface area contributed by atoms with Crippen LogP contribution in [0.15, 0.2) is 22.7 Å². The maximum Gasteiger partial charge on any atom is 0.133 e. The lowest BCUT2D eigenvalue weighted by atomic mass is 9.70. The van der Waals surface area contributed by atoms with E-state index in [0.717, 1.165) is 16.5 Å². The summed E-state index contributed by atoms with van der Waals surface area (Å²) >= 11 is 3.58. The minimum atomic E-state index is -0.487. The number of Topliss-reactive ketones (excluding diaryl/α,β-unsaturated/α-hetero) is 1. The largest absolute Gasteiger partial charge is 0.300 e. The van der Waals surface area contributed by atoms with Crippen molar-refractivity contribution < 1.29 is 4.79 Å². The maximum absolute atomic E-state index is 11.4. The Morgan fingerprint density at radius 1 is 1.39 bits per heavy atom. The highest BCUT2D eigenvalue weighted by Crippen LogP contribution is 2.41. The minimum absolute atomic E-state index is 0.280. The fraction of sp³-hybridized carbons (Fsp3) is 0.467. The Morgan fingerprint density at radius 2 is 2.06 bits per heavy atom. The van der Waals surface area contributed by atoms with Crippen molar-refractivity contribution in [2.75, 3.05) is 0 Å². The molecule has 1 aliphatic rings. The zero-order valence-corrected chi connectivity index (χ0v) is 12.1. The van der Waals surface area contributed by atoms with Crippen LogP contribution in [0, 0.1) is 11.3 Å². The van der Waals surface area contributed by atoms with Gasteiger partial charge in [-0.1, -0.05) is 35.0 Å². The molecule has 0 aliphatic heterocycles. The molecule has 0 atom stereocenters. The zero-order chi connectivity index (χ0) is 13.2. The summed E-state index contributed by atoms with van der Waals surface area (Å²) in [6.07, 6.45) is 3.32. The highest BCUT2D eigenvalue weighted by molar-refractivity contribution is 9.10. The van der Waals surface area contributed by atoms with Gasteiger partial charge in [0, 0.05) is 17.3 Å². The van der Waals surface area contributed by atoms with Crippen molar-refractivity contribution in [3.63, 3.8) is 0 Å². The summed E-state index contributed by atoms with van der Waals surface area (Å²) in [4.78, 5) is 11.4. The van der Waals surface area contributed by atoms with E-state index < -0.39 is 5.41 Å². The lowest BCUT2D eigenvalue weighted by Gasteiger charge is -2.31. The lowest BCUT2D eigenvalue weighted by Crippen LogP contribution is -2.30. The molecule has 3 heteroatoms. The summed E-state index contributed by atoms with van der Waals surface area (Å²) in [5.41, 5.74) is 1.80. The van der Waals surface area contributed by atoms with E-state index in [0.29, 0.717) is 25.7 Å². The van der Waals surface area contributed by atoms with Crippen LogP contribution in [-0.4, -0.2) is 5.78 Å². The number of nitrogens with zero attached hydrogens (tertiary/aromatic N) is 1. The van der Waals surface area contributed by atoms with Crippen LogP contribution in [0.4, 0.5) is 0 Å². The summed E-state index contributed by atoms with van der Waals surface area (Å²) in [6, 6.07) is 8.66. The van der Waals surface area contributed by atoms with E-state index in [2.05, 4.69) is 41.1 Å². The van der Waals surface area contributed by atoms with Gasteiger partial charge in [-0.25, -0.2) is 0 Å². The summed E-state index contributed by atoms with van der Waals surface area (Å²) < 4.78 is 0.998. The average Bonchev–Trinajstić information content (AvgIpc) is 2.40. The smallest absolute Gasteiger partial charge is 0.133 e. The number of benzene rings is 1. The molecule has 2 rings (SSSR count). The van der Waals surface area contributed by atoms with Crippen LogP contribution >= 0.6 is 15.9 Å². The number of aryl methyl sites for hydroxylation is 1. The van der Waals surface area contributed by atoms with Crippen LogP contribution in [0.2, 0.25) is 0 Å². The van der Waals surface area contributed by atoms with Gasteiger partial charge in [0.15, 0.2) is 0 Å². The molecule has 0 aromatic heterocycles. The van der Waals surface area contributed by atoms with Crippen molar-refractivity contribution in [1.29, 1.82) is 5.26 Å². The molecule has 0 heterocycles. The molecule has 1 aromatic rings. The first-order chi connectivity index (χ1) is 8.61. The van der Waals surface area contributed by atoms with Gasteiger partial charge in [-0.15, -0.1) is 0 Å². The molecular formula is C15H16BrNO. The van der Waals surface area contributed by atoms with Crippen molar-refractivity contribution in [3.8, 4) is 6.07 Å². The number of halogens is 1. The van der Waals surface area contributed by atoms with Gasteiger partial charge >= 0.3 is 0 Å². The summed E-state index contributed by atoms with van der Waals surface area (Å²) in [7, 11) is 0. The fourth-order valence-electron chi connectivity index (χ4n) is 2.56. The zero-order valence-electron chi connectivity index (χ0n) is 10.5. The molecule has 0 amide bonds. The van der Waals surface area contributed by atoms with E-state index in [1.165, 1.54) is 5.56 Å². The highest BCUT2D eigenvalue weighted by Gasteiger charge is 2.37. The van der Waals surface area contributed by atoms with Crippen molar-refractivity contribution in [2.24, 2.45) is 0 Å². The molecule has 2 nitrogen and oxygen atoms in total. The topological polar surface area (TPSA) is 40.9 Å². The number of carbonyl (C=O) groups excluding carboxylic acids is 1. The molecule has 1 aliphatic carbocycles. The molecule has 18 heavy (non-hydrogen) atoms. The first-order valence-corrected chi connectivity index (χ1v) is 7.12. The number of carbonyl (C=O) groups is 1. The number of rotatable bonds is 2. The fourth-order valence-corrected chi connectivity index (χ4v) is 3.37. The summed E-state index contributed by atoms with van der Waals surface area (Å²) in [5, 5.41) is 9.55. The third kappa shape index (κ3) is 2.35. The second kappa shape index (κ2) is 5.24. The van der Waals surface area contributed by atoms with Gasteiger partial charge in [0.05, 0.1) is 11.5 Å². The first kappa shape index (κ1) is 13.3. The van der Waals surface area contributed by atoms with Crippen molar-refractivity contribution >= 4 is 21.7 Å². The molecule has 0 unspecified atom stereocenters. The predicted molar refractivity (Wildman–Crippen MR) is 74.3 cm³/mol. The van der Waals surface area contributed by atoms with Gasteiger partial charge in [-0.3, -0.25) is 4.79 Å². The molecule has 1 saturated carbocycles. The van der Waals surface area contributed by atoms with Gasteiger partial charge in [0.2, 0.25) is 0 Å². The van der Waals surface area contributed by atoms with Crippen molar-refractivity contribution in [1.82, 2.24) is 0 Å². The van der Waals surface area contributed by atoms with Crippen LogP contribution in [0.5, 0.6) is 0 Å². The number of ketones is 1. The van der Waals surface area contributed by atoms with E-state index in [4.69, 9.17) is 0 Å². The van der Waals surface area contributed by atoms with E-state index in [1.54, 1.807) is 0 Å². The van der Waals surface area contributed by atoms with Crippen LogP contribution in [0.25, 0.3) is 0 Å². The van der Waals surface area contributed by atoms with Gasteiger partial charge in [-0.05, 0) is 36.5 Å². The molecule has 94 valence electrons. The molecule has 0 saturated heterocycles. The van der Waals surface area contributed by atoms with Gasteiger partial charge in [0.1, 0.15) is 5.78 Å². The first-order valence-electron chi connectivity index (χ1n) is 6.33. The Hall–Kier alpha value is -1.14. The summed E-state index contributed by atoms with van der Waals surface area (Å²) in [6.45, 7) is 2.11. The Kier molecular flexibility index (Phi) is 3.87. The SMILES string of the molecule is CCc1ccc(C2(C#N)CCC(=O)CC2)c(Br)c1. The van der Waals surface area contributed by atoms with Crippen molar-refractivity contribution in [3.05, 3.63) is 33.8 Å². The second-order valence-corrected chi connectivity index (χ2v) is 5.75. The second-order valence-electron chi connectivity index (χ2n) is 4.90. The van der Waals surface area contributed by atoms with E-state index in [-0.39, 0.29) is 5.78 Å². The van der Waals surface area contributed by atoms with Crippen LogP contribution in [0.1, 0.15) is 43.7 Å². The molecule has 1 fully saturated rings. The van der Waals surface area contributed by atoms with Crippen LogP contribution < -0.4 is 0 Å². The van der Waals surface area contributed by atoms with E-state index in [9.17, 15) is 10.1 Å². The van der Waals surface area contributed by atoms with Crippen LogP contribution in [-0.2, 0) is 16.6 Å². The molecule has 0 radical (unpaired) electrons. The number of nitriles is 1. The normalized spacial score (nSPS) is 18.4. The van der Waals surface area contributed by atoms with E-state index in [1.807, 2.05) is 6.07 Å². The quantitative estimate of drug-likeness (QED) is 0.831. The average molecular weight is 306 g/mol. The lowest BCUT2D eigenvalue weighted by molar-refractivity contribution is -0.120. The van der Waals surface area contributed by atoms with Gasteiger partial charge < -0.3 is 0 Å². The molecule has 1 aromatic carbocycles. The molecular weight excluding hydrogens is 290 g/mol. The number of hydrogen-bond donors (Lipinski definition) is 0. The predicted octanol–water partition coefficient (Wildman–Crippen LogP) is 3.92. The third-order valence-corrected chi connectivity index (χ3v) is 4.49. The van der Waals surface area contributed by atoms with Crippen LogP contribution in [0.3, 0.4) is 0 Å². The van der Waals surface area contributed by atoms with Gasteiger partial charge in [0.25, 0.3) is 0 Å². The van der Waals surface area contributed by atoms with Crippen molar-refractivity contribution in [2.45, 2.75) is 44.4 Å². The Labute approximate surface area is 116 Å². The number of hydrogen-bond acceptors (Lipinski definition) is 2. The Balaban J connectivity index is 2.39. The standard InChI is InChI=1S/C15H16BrNO/c1-2-11-3-4-13(14(16)9-11)15(10-17)7-5-12(18)6-8-15/h3-4,9H,2,5-8H2,1H3. The Bertz CT molecular complexity index is 506. The molecule has 0 spiro atoms. The minimum Gasteiger partial charge on any atom is -0.300 e. The van der Waals surface area contributed by atoms with E-state index >= 15 is 0 Å². The highest BCUT2D eigenvalue weighted by atomic mass is 79.9.